The summed E-state index contributed by atoms with van der Waals surface area (Å²) < 4.78 is 5.23. The second-order valence-corrected chi connectivity index (χ2v) is 6.09. The highest BCUT2D eigenvalue weighted by atomic mass is 32.2. The van der Waals surface area contributed by atoms with Crippen LogP contribution in [-0.2, 0) is 4.79 Å². The second kappa shape index (κ2) is 7.67. The van der Waals surface area contributed by atoms with E-state index in [9.17, 15) is 15.0 Å². The summed E-state index contributed by atoms with van der Waals surface area (Å²) in [6.45, 7) is 5.26. The standard InChI is InChI=1S/C15H22O4S/c1-9-8-14(19-4)10(2)7-12(9)15(18)13(17)5-6-20-11(3)16/h7-8,13,15,17-18H,5-6H2,1-4H3. The largest absolute Gasteiger partial charge is 0.496 e. The number of hydrogen-bond donors (Lipinski definition) is 2. The lowest BCUT2D eigenvalue weighted by Crippen LogP contribution is -2.20. The molecule has 1 rings (SSSR count). The summed E-state index contributed by atoms with van der Waals surface area (Å²) in [6.07, 6.45) is -1.46. The van der Waals surface area contributed by atoms with Crippen LogP contribution in [0.1, 0.15) is 36.1 Å². The van der Waals surface area contributed by atoms with Crippen LogP contribution in [0.5, 0.6) is 5.75 Å². The quantitative estimate of drug-likeness (QED) is 0.844. The van der Waals surface area contributed by atoms with Crippen LogP contribution in [0, 0.1) is 13.8 Å². The molecule has 1 aromatic rings. The van der Waals surface area contributed by atoms with E-state index in [4.69, 9.17) is 4.74 Å². The van der Waals surface area contributed by atoms with Crippen LogP contribution in [-0.4, -0.2) is 34.3 Å². The van der Waals surface area contributed by atoms with Gasteiger partial charge in [0.25, 0.3) is 0 Å². The molecular weight excluding hydrogens is 276 g/mol. The molecule has 0 aliphatic heterocycles. The normalized spacial score (nSPS) is 13.9. The molecular formula is C15H22O4S. The SMILES string of the molecule is COc1cc(C)c(C(O)C(O)CCSC(C)=O)cc1C. The summed E-state index contributed by atoms with van der Waals surface area (Å²) in [5, 5.41) is 20.3. The first-order valence-corrected chi connectivity index (χ1v) is 7.50. The van der Waals surface area contributed by atoms with Crippen molar-refractivity contribution in [1.82, 2.24) is 0 Å². The van der Waals surface area contributed by atoms with Crippen LogP contribution < -0.4 is 4.74 Å². The number of carbonyl (C=O) groups is 1. The number of methoxy groups -OCH3 is 1. The number of benzene rings is 1. The van der Waals surface area contributed by atoms with Gasteiger partial charge in [0.2, 0.25) is 0 Å². The lowest BCUT2D eigenvalue weighted by Gasteiger charge is -2.21. The zero-order chi connectivity index (χ0) is 15.3. The smallest absolute Gasteiger partial charge is 0.185 e. The predicted molar refractivity (Wildman–Crippen MR) is 81.2 cm³/mol. The highest BCUT2D eigenvalue weighted by molar-refractivity contribution is 8.13. The van der Waals surface area contributed by atoms with Gasteiger partial charge in [0.05, 0.1) is 13.2 Å². The molecule has 1 aromatic carbocycles. The van der Waals surface area contributed by atoms with E-state index in [-0.39, 0.29) is 5.12 Å². The van der Waals surface area contributed by atoms with Crippen molar-refractivity contribution in [2.45, 2.75) is 39.4 Å². The van der Waals surface area contributed by atoms with Crippen LogP contribution in [0.25, 0.3) is 0 Å². The highest BCUT2D eigenvalue weighted by Crippen LogP contribution is 2.29. The molecule has 5 heteroatoms. The molecule has 2 N–H and O–H groups in total. The Balaban J connectivity index is 2.78. The Bertz CT molecular complexity index is 473. The van der Waals surface area contributed by atoms with Crippen molar-refractivity contribution in [3.8, 4) is 5.75 Å². The molecule has 4 nitrogen and oxygen atoms in total. The van der Waals surface area contributed by atoms with Gasteiger partial charge in [-0.15, -0.1) is 0 Å². The van der Waals surface area contributed by atoms with E-state index >= 15 is 0 Å². The monoisotopic (exact) mass is 298 g/mol. The number of hydrogen-bond acceptors (Lipinski definition) is 5. The summed E-state index contributed by atoms with van der Waals surface area (Å²) in [7, 11) is 1.60. The number of aryl methyl sites for hydroxylation is 2. The number of ether oxygens (including phenoxy) is 1. The minimum absolute atomic E-state index is 0.0168. The molecule has 2 unspecified atom stereocenters. The molecule has 0 aliphatic carbocycles. The van der Waals surface area contributed by atoms with Crippen molar-refractivity contribution in [2.75, 3.05) is 12.9 Å². The molecule has 0 fully saturated rings. The maximum absolute atomic E-state index is 10.8. The molecule has 0 aliphatic rings. The minimum Gasteiger partial charge on any atom is -0.496 e. The summed E-state index contributed by atoms with van der Waals surface area (Å²) in [5.41, 5.74) is 2.49. The van der Waals surface area contributed by atoms with Gasteiger partial charge in [0.1, 0.15) is 11.9 Å². The van der Waals surface area contributed by atoms with Gasteiger partial charge >= 0.3 is 0 Å². The minimum atomic E-state index is -0.952. The molecule has 0 heterocycles. The maximum atomic E-state index is 10.8. The van der Waals surface area contributed by atoms with E-state index in [2.05, 4.69) is 0 Å². The fourth-order valence-electron chi connectivity index (χ4n) is 2.04. The molecule has 2 atom stereocenters. The van der Waals surface area contributed by atoms with Gasteiger partial charge in [0.15, 0.2) is 5.12 Å². The van der Waals surface area contributed by atoms with Gasteiger partial charge < -0.3 is 14.9 Å². The Kier molecular flexibility index (Phi) is 6.52. The Morgan fingerprint density at radius 1 is 1.30 bits per heavy atom. The highest BCUT2D eigenvalue weighted by Gasteiger charge is 2.21. The molecule has 0 radical (unpaired) electrons. The summed E-state index contributed by atoms with van der Waals surface area (Å²) in [4.78, 5) is 10.8. The second-order valence-electron chi connectivity index (χ2n) is 4.82. The van der Waals surface area contributed by atoms with E-state index in [0.29, 0.717) is 17.7 Å². The van der Waals surface area contributed by atoms with E-state index in [1.54, 1.807) is 7.11 Å². The Labute approximate surface area is 124 Å². The summed E-state index contributed by atoms with van der Waals surface area (Å²) >= 11 is 1.16. The third-order valence-electron chi connectivity index (χ3n) is 3.19. The molecule has 0 bridgehead atoms. The Hall–Kier alpha value is -1.04. The molecule has 0 spiro atoms. The van der Waals surface area contributed by atoms with Crippen LogP contribution in [0.4, 0.5) is 0 Å². The average molecular weight is 298 g/mol. The fraction of sp³-hybridized carbons (Fsp3) is 0.533. The van der Waals surface area contributed by atoms with Crippen molar-refractivity contribution in [3.05, 3.63) is 28.8 Å². The zero-order valence-electron chi connectivity index (χ0n) is 12.3. The van der Waals surface area contributed by atoms with Gasteiger partial charge in [-0.05, 0) is 49.1 Å². The number of rotatable bonds is 6. The van der Waals surface area contributed by atoms with E-state index in [0.717, 1.165) is 28.6 Å². The van der Waals surface area contributed by atoms with Crippen LogP contribution >= 0.6 is 11.8 Å². The third-order valence-corrected chi connectivity index (χ3v) is 4.03. The van der Waals surface area contributed by atoms with Gasteiger partial charge in [-0.3, -0.25) is 4.79 Å². The van der Waals surface area contributed by atoms with Crippen molar-refractivity contribution in [3.63, 3.8) is 0 Å². The molecule has 20 heavy (non-hydrogen) atoms. The third kappa shape index (κ3) is 4.51. The maximum Gasteiger partial charge on any atom is 0.185 e. The number of thioether (sulfide) groups is 1. The first-order chi connectivity index (χ1) is 9.36. The summed E-state index contributed by atoms with van der Waals surface area (Å²) in [6, 6.07) is 3.69. The first kappa shape index (κ1) is 17.0. The van der Waals surface area contributed by atoms with Crippen molar-refractivity contribution in [1.29, 1.82) is 0 Å². The number of aliphatic hydroxyl groups excluding tert-OH is 2. The number of carbonyl (C=O) groups excluding carboxylic acids is 1. The van der Waals surface area contributed by atoms with Gasteiger partial charge in [-0.1, -0.05) is 11.8 Å². The van der Waals surface area contributed by atoms with Crippen LogP contribution in [0.3, 0.4) is 0 Å². The molecule has 0 saturated heterocycles. The number of aliphatic hydroxyl groups is 2. The van der Waals surface area contributed by atoms with Gasteiger partial charge in [-0.2, -0.15) is 0 Å². The zero-order valence-corrected chi connectivity index (χ0v) is 13.2. The fourth-order valence-corrected chi connectivity index (χ4v) is 2.69. The summed E-state index contributed by atoms with van der Waals surface area (Å²) in [5.74, 6) is 1.27. The first-order valence-electron chi connectivity index (χ1n) is 6.51. The van der Waals surface area contributed by atoms with Gasteiger partial charge in [-0.25, -0.2) is 0 Å². The lowest BCUT2D eigenvalue weighted by atomic mass is 9.96. The van der Waals surface area contributed by atoms with Gasteiger partial charge in [0, 0.05) is 12.7 Å². The van der Waals surface area contributed by atoms with Crippen LogP contribution in [0.15, 0.2) is 12.1 Å². The average Bonchev–Trinajstić information content (AvgIpc) is 2.39. The predicted octanol–water partition coefficient (Wildman–Crippen LogP) is 2.38. The van der Waals surface area contributed by atoms with Crippen molar-refractivity contribution in [2.24, 2.45) is 0 Å². The molecule has 0 amide bonds. The van der Waals surface area contributed by atoms with E-state index in [1.165, 1.54) is 6.92 Å². The lowest BCUT2D eigenvalue weighted by molar-refractivity contribution is -0.109. The van der Waals surface area contributed by atoms with E-state index < -0.39 is 12.2 Å². The van der Waals surface area contributed by atoms with Crippen molar-refractivity contribution < 1.29 is 19.7 Å². The molecule has 0 aromatic heterocycles. The Morgan fingerprint density at radius 2 is 1.95 bits per heavy atom. The molecule has 112 valence electrons. The van der Waals surface area contributed by atoms with Crippen LogP contribution in [0.2, 0.25) is 0 Å². The topological polar surface area (TPSA) is 66.8 Å². The van der Waals surface area contributed by atoms with E-state index in [1.807, 2.05) is 26.0 Å². The van der Waals surface area contributed by atoms with Crippen molar-refractivity contribution >= 4 is 16.9 Å². The Morgan fingerprint density at radius 3 is 2.50 bits per heavy atom. The molecule has 0 saturated carbocycles.